The van der Waals surface area contributed by atoms with Gasteiger partial charge in [-0.3, -0.25) is 4.90 Å². The molecule has 1 aliphatic heterocycles. The third kappa shape index (κ3) is 4.16. The van der Waals surface area contributed by atoms with E-state index in [0.29, 0.717) is 18.0 Å². The highest BCUT2D eigenvalue weighted by Gasteiger charge is 2.18. The van der Waals surface area contributed by atoms with Crippen LogP contribution in [-0.4, -0.2) is 64.3 Å². The van der Waals surface area contributed by atoms with Crippen LogP contribution in [0.4, 0.5) is 5.69 Å². The summed E-state index contributed by atoms with van der Waals surface area (Å²) in [6.07, 6.45) is 0. The Bertz CT molecular complexity index is 537. The second-order valence-corrected chi connectivity index (χ2v) is 6.81. The van der Waals surface area contributed by atoms with Gasteiger partial charge in [0.05, 0.1) is 11.5 Å². The van der Waals surface area contributed by atoms with Crippen molar-refractivity contribution in [3.05, 3.63) is 24.3 Å². The molecule has 0 amide bonds. The van der Waals surface area contributed by atoms with Gasteiger partial charge < -0.3 is 10.0 Å². The standard InChI is InChI=1S/C14H23N3O3S/c1-2-15-21(19,20)14-5-3-13(4-6-14)17-9-7-16(8-10-17)11-12-18/h3-6,15,18H,2,7-12H2,1H3. The van der Waals surface area contributed by atoms with E-state index in [1.807, 2.05) is 12.1 Å². The molecule has 1 heterocycles. The summed E-state index contributed by atoms with van der Waals surface area (Å²) in [5.41, 5.74) is 1.04. The first-order valence-electron chi connectivity index (χ1n) is 7.24. The number of nitrogens with zero attached hydrogens (tertiary/aromatic N) is 2. The predicted molar refractivity (Wildman–Crippen MR) is 83.0 cm³/mol. The maximum Gasteiger partial charge on any atom is 0.240 e. The van der Waals surface area contributed by atoms with Crippen LogP contribution in [0.25, 0.3) is 0 Å². The van der Waals surface area contributed by atoms with Gasteiger partial charge in [-0.1, -0.05) is 6.92 Å². The Morgan fingerprint density at radius 3 is 2.29 bits per heavy atom. The molecule has 7 heteroatoms. The molecular weight excluding hydrogens is 290 g/mol. The molecule has 0 spiro atoms. The highest BCUT2D eigenvalue weighted by molar-refractivity contribution is 7.89. The van der Waals surface area contributed by atoms with Crippen LogP contribution in [0.5, 0.6) is 0 Å². The van der Waals surface area contributed by atoms with E-state index in [9.17, 15) is 8.42 Å². The van der Waals surface area contributed by atoms with E-state index in [1.165, 1.54) is 0 Å². The van der Waals surface area contributed by atoms with E-state index in [-0.39, 0.29) is 6.61 Å². The monoisotopic (exact) mass is 313 g/mol. The molecule has 1 aromatic carbocycles. The number of hydrogen-bond acceptors (Lipinski definition) is 5. The summed E-state index contributed by atoms with van der Waals surface area (Å²) in [5, 5.41) is 8.93. The van der Waals surface area contributed by atoms with Crippen molar-refractivity contribution in [1.82, 2.24) is 9.62 Å². The molecule has 0 aromatic heterocycles. The molecule has 0 saturated carbocycles. The summed E-state index contributed by atoms with van der Waals surface area (Å²) < 4.78 is 26.2. The zero-order valence-electron chi connectivity index (χ0n) is 12.3. The topological polar surface area (TPSA) is 72.9 Å². The molecule has 1 aromatic rings. The summed E-state index contributed by atoms with van der Waals surface area (Å²) in [6.45, 7) is 6.66. The highest BCUT2D eigenvalue weighted by atomic mass is 32.2. The summed E-state index contributed by atoms with van der Waals surface area (Å²) >= 11 is 0. The summed E-state index contributed by atoms with van der Waals surface area (Å²) in [7, 11) is -3.38. The fourth-order valence-electron chi connectivity index (χ4n) is 2.48. The normalized spacial score (nSPS) is 17.1. The van der Waals surface area contributed by atoms with Crippen LogP contribution >= 0.6 is 0 Å². The molecule has 1 aliphatic rings. The Labute approximate surface area is 126 Å². The van der Waals surface area contributed by atoms with E-state index in [0.717, 1.165) is 31.9 Å². The SMILES string of the molecule is CCNS(=O)(=O)c1ccc(N2CCN(CCO)CC2)cc1. The number of aliphatic hydroxyl groups excluding tert-OH is 1. The van der Waals surface area contributed by atoms with Gasteiger partial charge in [0.1, 0.15) is 0 Å². The van der Waals surface area contributed by atoms with Gasteiger partial charge in [-0.05, 0) is 24.3 Å². The number of piperazine rings is 1. The maximum absolute atomic E-state index is 11.9. The third-order valence-electron chi connectivity index (χ3n) is 3.64. The van der Waals surface area contributed by atoms with E-state index in [4.69, 9.17) is 5.11 Å². The Hall–Kier alpha value is -1.15. The highest BCUT2D eigenvalue weighted by Crippen LogP contribution is 2.19. The van der Waals surface area contributed by atoms with E-state index in [1.54, 1.807) is 19.1 Å². The lowest BCUT2D eigenvalue weighted by Crippen LogP contribution is -2.47. The first-order chi connectivity index (χ1) is 10.1. The smallest absolute Gasteiger partial charge is 0.240 e. The van der Waals surface area contributed by atoms with Crippen LogP contribution in [0, 0.1) is 0 Å². The molecule has 21 heavy (non-hydrogen) atoms. The van der Waals surface area contributed by atoms with Gasteiger partial charge in [0.2, 0.25) is 10.0 Å². The minimum Gasteiger partial charge on any atom is -0.395 e. The van der Waals surface area contributed by atoms with Gasteiger partial charge >= 0.3 is 0 Å². The summed E-state index contributed by atoms with van der Waals surface area (Å²) in [6, 6.07) is 7.00. The quantitative estimate of drug-likeness (QED) is 0.779. The third-order valence-corrected chi connectivity index (χ3v) is 5.20. The van der Waals surface area contributed by atoms with Crippen LogP contribution in [0.1, 0.15) is 6.92 Å². The van der Waals surface area contributed by atoms with Crippen LogP contribution in [0.3, 0.4) is 0 Å². The lowest BCUT2D eigenvalue weighted by atomic mass is 10.2. The Kier molecular flexibility index (Phi) is 5.58. The van der Waals surface area contributed by atoms with Gasteiger partial charge in [0.15, 0.2) is 0 Å². The van der Waals surface area contributed by atoms with Crippen molar-refractivity contribution in [1.29, 1.82) is 0 Å². The van der Waals surface area contributed by atoms with Crippen molar-refractivity contribution in [3.8, 4) is 0 Å². The molecule has 1 saturated heterocycles. The van der Waals surface area contributed by atoms with Crippen molar-refractivity contribution in [2.24, 2.45) is 0 Å². The van der Waals surface area contributed by atoms with Crippen LogP contribution in [0.2, 0.25) is 0 Å². The van der Waals surface area contributed by atoms with Crippen molar-refractivity contribution in [2.45, 2.75) is 11.8 Å². The van der Waals surface area contributed by atoms with E-state index in [2.05, 4.69) is 14.5 Å². The summed E-state index contributed by atoms with van der Waals surface area (Å²) in [5.74, 6) is 0. The zero-order valence-corrected chi connectivity index (χ0v) is 13.1. The fourth-order valence-corrected chi connectivity index (χ4v) is 3.52. The second kappa shape index (κ2) is 7.22. The van der Waals surface area contributed by atoms with Gasteiger partial charge in [0, 0.05) is 45.0 Å². The lowest BCUT2D eigenvalue weighted by Gasteiger charge is -2.35. The van der Waals surface area contributed by atoms with Gasteiger partial charge in [-0.25, -0.2) is 13.1 Å². The number of rotatable bonds is 6. The minimum atomic E-state index is -3.38. The number of aliphatic hydroxyl groups is 1. The molecule has 6 nitrogen and oxygen atoms in total. The summed E-state index contributed by atoms with van der Waals surface area (Å²) in [4.78, 5) is 4.75. The number of hydrogen-bond donors (Lipinski definition) is 2. The van der Waals surface area contributed by atoms with Crippen LogP contribution in [0.15, 0.2) is 29.2 Å². The molecule has 0 radical (unpaired) electrons. The predicted octanol–water partition coefficient (Wildman–Crippen LogP) is 0.0991. The largest absolute Gasteiger partial charge is 0.395 e. The Morgan fingerprint density at radius 2 is 1.76 bits per heavy atom. The minimum absolute atomic E-state index is 0.191. The van der Waals surface area contributed by atoms with E-state index >= 15 is 0 Å². The molecule has 0 atom stereocenters. The average molecular weight is 313 g/mol. The number of β-amino-alcohol motifs (C(OH)–C–C–N with tert-alkyl or cyclic N) is 1. The second-order valence-electron chi connectivity index (χ2n) is 5.05. The number of nitrogens with one attached hydrogen (secondary N) is 1. The number of benzene rings is 1. The first kappa shape index (κ1) is 16.2. The molecule has 0 unspecified atom stereocenters. The van der Waals surface area contributed by atoms with Crippen LogP contribution in [-0.2, 0) is 10.0 Å². The Balaban J connectivity index is 2.00. The lowest BCUT2D eigenvalue weighted by molar-refractivity contribution is 0.189. The van der Waals surface area contributed by atoms with E-state index < -0.39 is 10.0 Å². The van der Waals surface area contributed by atoms with Crippen molar-refractivity contribution >= 4 is 15.7 Å². The fraction of sp³-hybridized carbons (Fsp3) is 0.571. The first-order valence-corrected chi connectivity index (χ1v) is 8.73. The average Bonchev–Trinajstić information content (AvgIpc) is 2.48. The molecule has 118 valence electrons. The van der Waals surface area contributed by atoms with Crippen LogP contribution < -0.4 is 9.62 Å². The molecule has 0 aliphatic carbocycles. The van der Waals surface area contributed by atoms with Gasteiger partial charge in [-0.15, -0.1) is 0 Å². The molecule has 2 rings (SSSR count). The van der Waals surface area contributed by atoms with Crippen molar-refractivity contribution in [2.75, 3.05) is 50.8 Å². The molecule has 1 fully saturated rings. The molecule has 2 N–H and O–H groups in total. The van der Waals surface area contributed by atoms with Crippen molar-refractivity contribution in [3.63, 3.8) is 0 Å². The number of anilines is 1. The molecular formula is C14H23N3O3S. The zero-order chi connectivity index (χ0) is 15.3. The van der Waals surface area contributed by atoms with Gasteiger partial charge in [-0.2, -0.15) is 0 Å². The van der Waals surface area contributed by atoms with Crippen molar-refractivity contribution < 1.29 is 13.5 Å². The Morgan fingerprint density at radius 1 is 1.14 bits per heavy atom. The number of sulfonamides is 1. The molecule has 0 bridgehead atoms. The maximum atomic E-state index is 11.9. The van der Waals surface area contributed by atoms with Gasteiger partial charge in [0.25, 0.3) is 0 Å².